The number of amides is 1. The molecule has 11 heteroatoms. The topological polar surface area (TPSA) is 79.4 Å². The van der Waals surface area contributed by atoms with Crippen molar-refractivity contribution in [2.45, 2.75) is 43.2 Å². The molecule has 2 fully saturated rings. The van der Waals surface area contributed by atoms with E-state index in [0.29, 0.717) is 37.5 Å². The van der Waals surface area contributed by atoms with Gasteiger partial charge in [-0.15, -0.1) is 0 Å². The number of nitrogens with zero attached hydrogens (tertiary/aromatic N) is 3. The molecule has 2 heterocycles. The van der Waals surface area contributed by atoms with E-state index in [1.165, 1.54) is 23.5 Å². The van der Waals surface area contributed by atoms with Crippen molar-refractivity contribution in [3.8, 4) is 5.75 Å². The van der Waals surface area contributed by atoms with Gasteiger partial charge in [0.05, 0.1) is 21.2 Å². The van der Waals surface area contributed by atoms with Crippen LogP contribution in [0, 0.1) is 5.82 Å². The molecule has 2 unspecified atom stereocenters. The summed E-state index contributed by atoms with van der Waals surface area (Å²) in [7, 11) is -0.580. The van der Waals surface area contributed by atoms with E-state index in [4.69, 9.17) is 21.1 Å². The van der Waals surface area contributed by atoms with Crippen molar-refractivity contribution >= 4 is 33.2 Å². The molecule has 196 valence electrons. The molecule has 4 rings (SSSR count). The van der Waals surface area contributed by atoms with Gasteiger partial charge in [0.2, 0.25) is 10.0 Å². The van der Waals surface area contributed by atoms with Crippen LogP contribution in [0.2, 0.25) is 5.02 Å². The summed E-state index contributed by atoms with van der Waals surface area (Å²) in [6, 6.07) is 8.57. The zero-order valence-electron chi connectivity index (χ0n) is 20.6. The number of piperazine rings is 1. The predicted molar refractivity (Wildman–Crippen MR) is 136 cm³/mol. The highest BCUT2D eigenvalue weighted by Gasteiger charge is 2.43. The molecule has 1 amide bonds. The first-order valence-corrected chi connectivity index (χ1v) is 13.7. The van der Waals surface area contributed by atoms with Crippen molar-refractivity contribution in [1.29, 1.82) is 0 Å². The van der Waals surface area contributed by atoms with Crippen LogP contribution in [0.3, 0.4) is 0 Å². The van der Waals surface area contributed by atoms with E-state index in [2.05, 4.69) is 4.90 Å². The molecule has 2 aromatic rings. The van der Waals surface area contributed by atoms with E-state index in [-0.39, 0.29) is 40.3 Å². The van der Waals surface area contributed by atoms with Gasteiger partial charge in [-0.1, -0.05) is 18.5 Å². The lowest BCUT2D eigenvalue weighted by atomic mass is 10.1. The standard InChI is InChI=1S/C25H31ClFN3O5S/c1-4-11-28(2)36(32,33)20-8-10-24(35-16-34-3)23(13-20)30-18-6-7-19(30)15-29(14-18)25(31)21-9-5-17(27)12-22(21)26/h5,8-10,12-13,18-19H,4,6-7,11,14-16H2,1-3H3. The zero-order chi connectivity index (χ0) is 26.0. The molecule has 2 aromatic carbocycles. The molecule has 0 saturated carbocycles. The minimum Gasteiger partial charge on any atom is -0.465 e. The Labute approximate surface area is 216 Å². The number of carbonyl (C=O) groups excluding carboxylic acids is 1. The maximum atomic E-state index is 13.5. The summed E-state index contributed by atoms with van der Waals surface area (Å²) in [6.45, 7) is 3.22. The van der Waals surface area contributed by atoms with Crippen LogP contribution in [-0.2, 0) is 14.8 Å². The Morgan fingerprint density at radius 1 is 1.17 bits per heavy atom. The number of hydrogen-bond donors (Lipinski definition) is 0. The zero-order valence-corrected chi connectivity index (χ0v) is 22.2. The minimum absolute atomic E-state index is 0.0195. The molecule has 0 aliphatic carbocycles. The Morgan fingerprint density at radius 3 is 2.47 bits per heavy atom. The molecule has 2 aliphatic rings. The maximum absolute atomic E-state index is 13.5. The average molecular weight is 540 g/mol. The van der Waals surface area contributed by atoms with Crippen molar-refractivity contribution < 1.29 is 27.1 Å². The highest BCUT2D eigenvalue weighted by molar-refractivity contribution is 7.89. The summed E-state index contributed by atoms with van der Waals surface area (Å²) in [5.41, 5.74) is 0.930. The molecule has 0 aromatic heterocycles. The highest BCUT2D eigenvalue weighted by Crippen LogP contribution is 2.41. The van der Waals surface area contributed by atoms with Gasteiger partial charge in [-0.05, 0) is 55.7 Å². The molecule has 36 heavy (non-hydrogen) atoms. The Bertz CT molecular complexity index is 1210. The fraction of sp³-hybridized carbons (Fsp3) is 0.480. The summed E-state index contributed by atoms with van der Waals surface area (Å²) >= 11 is 6.15. The van der Waals surface area contributed by atoms with Gasteiger partial charge in [0, 0.05) is 45.9 Å². The molecule has 2 saturated heterocycles. The number of halogens is 2. The number of likely N-dealkylation sites (tertiary alicyclic amines) is 1. The van der Waals surface area contributed by atoms with Crippen molar-refractivity contribution in [1.82, 2.24) is 9.21 Å². The molecular weight excluding hydrogens is 509 g/mol. The van der Waals surface area contributed by atoms with E-state index in [0.717, 1.165) is 18.9 Å². The Kier molecular flexibility index (Phi) is 8.09. The molecule has 0 radical (unpaired) electrons. The second-order valence-corrected chi connectivity index (χ2v) is 11.6. The molecule has 2 bridgehead atoms. The van der Waals surface area contributed by atoms with E-state index >= 15 is 0 Å². The van der Waals surface area contributed by atoms with E-state index in [9.17, 15) is 17.6 Å². The monoisotopic (exact) mass is 539 g/mol. The SMILES string of the molecule is CCCN(C)S(=O)(=O)c1ccc(OCOC)c(N2C3CCC2CN(C(=O)c2ccc(F)cc2Cl)C3)c1. The quantitative estimate of drug-likeness (QED) is 0.448. The van der Waals surface area contributed by atoms with Crippen molar-refractivity contribution in [3.63, 3.8) is 0 Å². The summed E-state index contributed by atoms with van der Waals surface area (Å²) in [5, 5.41) is 0.0825. The van der Waals surface area contributed by atoms with Crippen LogP contribution in [0.15, 0.2) is 41.3 Å². The number of methoxy groups -OCH3 is 1. The molecule has 0 spiro atoms. The van der Waals surface area contributed by atoms with E-state index < -0.39 is 15.8 Å². The summed E-state index contributed by atoms with van der Waals surface area (Å²) in [6.07, 6.45) is 2.37. The number of hydrogen-bond acceptors (Lipinski definition) is 6. The van der Waals surface area contributed by atoms with E-state index in [1.54, 1.807) is 30.1 Å². The van der Waals surface area contributed by atoms with Crippen LogP contribution in [0.1, 0.15) is 36.5 Å². The van der Waals surface area contributed by atoms with E-state index in [1.807, 2.05) is 6.92 Å². The van der Waals surface area contributed by atoms with Crippen molar-refractivity contribution in [2.75, 3.05) is 45.5 Å². The van der Waals surface area contributed by atoms with Gasteiger partial charge in [0.1, 0.15) is 11.6 Å². The fourth-order valence-electron chi connectivity index (χ4n) is 5.01. The Balaban J connectivity index is 1.64. The first-order valence-electron chi connectivity index (χ1n) is 11.9. The van der Waals surface area contributed by atoms with Gasteiger partial charge in [-0.3, -0.25) is 4.79 Å². The number of benzene rings is 2. The van der Waals surface area contributed by atoms with Gasteiger partial charge in [0.25, 0.3) is 5.91 Å². The van der Waals surface area contributed by atoms with Crippen LogP contribution >= 0.6 is 11.6 Å². The number of rotatable bonds is 9. The fourth-order valence-corrected chi connectivity index (χ4v) is 6.55. The first kappa shape index (κ1) is 26.7. The Hall–Kier alpha value is -2.40. The lowest BCUT2D eigenvalue weighted by Crippen LogP contribution is -2.55. The van der Waals surface area contributed by atoms with Crippen molar-refractivity contribution in [2.24, 2.45) is 0 Å². The second-order valence-electron chi connectivity index (χ2n) is 9.13. The van der Waals surface area contributed by atoms with Gasteiger partial charge in [0.15, 0.2) is 6.79 Å². The summed E-state index contributed by atoms with van der Waals surface area (Å²) < 4.78 is 52.0. The molecule has 8 nitrogen and oxygen atoms in total. The second kappa shape index (κ2) is 10.9. The van der Waals surface area contributed by atoms with Gasteiger partial charge in [-0.2, -0.15) is 0 Å². The minimum atomic E-state index is -3.67. The molecule has 0 N–H and O–H groups in total. The summed E-state index contributed by atoms with van der Waals surface area (Å²) in [5.74, 6) is -0.221. The van der Waals surface area contributed by atoms with Crippen LogP contribution in [0.5, 0.6) is 5.75 Å². The van der Waals surface area contributed by atoms with Crippen LogP contribution in [0.25, 0.3) is 0 Å². The van der Waals surface area contributed by atoms with Crippen LogP contribution in [0.4, 0.5) is 10.1 Å². The maximum Gasteiger partial charge on any atom is 0.255 e. The van der Waals surface area contributed by atoms with Gasteiger partial charge in [-0.25, -0.2) is 17.1 Å². The number of carbonyl (C=O) groups is 1. The Morgan fingerprint density at radius 2 is 1.86 bits per heavy atom. The van der Waals surface area contributed by atoms with Crippen LogP contribution < -0.4 is 9.64 Å². The lowest BCUT2D eigenvalue weighted by molar-refractivity contribution is 0.0511. The number of sulfonamides is 1. The molecular formula is C25H31ClFN3O5S. The third-order valence-corrected chi connectivity index (χ3v) is 8.88. The van der Waals surface area contributed by atoms with Gasteiger partial charge < -0.3 is 19.3 Å². The summed E-state index contributed by atoms with van der Waals surface area (Å²) in [4.78, 5) is 17.3. The third kappa shape index (κ3) is 5.18. The number of anilines is 1. The average Bonchev–Trinajstić information content (AvgIpc) is 3.10. The molecule has 2 aliphatic heterocycles. The third-order valence-electron chi connectivity index (χ3n) is 6.72. The van der Waals surface area contributed by atoms with Crippen LogP contribution in [-0.4, -0.2) is 76.2 Å². The smallest absolute Gasteiger partial charge is 0.255 e. The number of fused-ring (bicyclic) bond motifs is 2. The molecule has 2 atom stereocenters. The first-order chi connectivity index (χ1) is 17.2. The van der Waals surface area contributed by atoms with Gasteiger partial charge >= 0.3 is 0 Å². The van der Waals surface area contributed by atoms with Crippen molar-refractivity contribution in [3.05, 3.63) is 52.8 Å². The lowest BCUT2D eigenvalue weighted by Gasteiger charge is -2.43. The normalized spacial score (nSPS) is 19.7. The number of ether oxygens (including phenoxy) is 2. The predicted octanol–water partition coefficient (Wildman–Crippen LogP) is 3.99. The highest BCUT2D eigenvalue weighted by atomic mass is 35.5. The largest absolute Gasteiger partial charge is 0.465 e.